The van der Waals surface area contributed by atoms with Crippen LogP contribution in [0.15, 0.2) is 36.4 Å². The second-order valence-electron chi connectivity index (χ2n) is 13.5. The van der Waals surface area contributed by atoms with Crippen LogP contribution in [0.3, 0.4) is 0 Å². The van der Waals surface area contributed by atoms with Crippen molar-refractivity contribution in [1.29, 1.82) is 0 Å². The van der Waals surface area contributed by atoms with Gasteiger partial charge in [-0.3, -0.25) is 9.69 Å². The number of piperidine rings is 2. The monoisotopic (exact) mass is 668 g/mol. The molecule has 2 aromatic rings. The number of halogens is 4. The Morgan fingerprint density at radius 1 is 0.745 bits per heavy atom. The van der Waals surface area contributed by atoms with E-state index in [1.165, 1.54) is 12.1 Å². The minimum atomic E-state index is -0.734. The molecule has 2 aliphatic heterocycles. The Bertz CT molecular complexity index is 1260. The van der Waals surface area contributed by atoms with E-state index < -0.39 is 40.6 Å². The van der Waals surface area contributed by atoms with Crippen molar-refractivity contribution in [2.45, 2.75) is 97.1 Å². The van der Waals surface area contributed by atoms with Gasteiger partial charge in [0.15, 0.2) is 0 Å². The summed E-state index contributed by atoms with van der Waals surface area (Å²) in [6.07, 6.45) is 3.24. The molecule has 0 bridgehead atoms. The molecule has 0 radical (unpaired) electrons. The van der Waals surface area contributed by atoms with Crippen LogP contribution >= 0.6 is 0 Å². The molecule has 0 atom stereocenters. The molecule has 47 heavy (non-hydrogen) atoms. The van der Waals surface area contributed by atoms with Gasteiger partial charge >= 0.3 is 12.2 Å². The zero-order valence-corrected chi connectivity index (χ0v) is 28.1. The van der Waals surface area contributed by atoms with Crippen LogP contribution < -0.4 is 16.0 Å². The molecule has 0 saturated carbocycles. The molecule has 2 heterocycles. The fourth-order valence-electron chi connectivity index (χ4n) is 4.75. The first-order valence-corrected chi connectivity index (χ1v) is 15.7. The summed E-state index contributed by atoms with van der Waals surface area (Å²) >= 11 is 0. The molecule has 2 fully saturated rings. The molecule has 2 amide bonds. The van der Waals surface area contributed by atoms with E-state index in [1.807, 2.05) is 41.5 Å². The average Bonchev–Trinajstić information content (AvgIpc) is 2.92. The standard InChI is InChI=1S/C17H24F2N2O2.C10H20N2O2.C7H4F2O/c1-17(2,3)23-16(22)20-15-4-6-21(7-5-15)11-12-8-13(18)10-14(19)9-12;1-10(2,3)14-9(13)12-8-4-6-11-7-5-8;8-6-1-5(4-10)2-7(9)3-6/h8-10,15H,4-7,11H2,1-3H3,(H,20,22);8,11H,4-7H2,1-3H3,(H,12,13);1-4H. The van der Waals surface area contributed by atoms with Gasteiger partial charge in [0, 0.05) is 49.4 Å². The van der Waals surface area contributed by atoms with Gasteiger partial charge in [-0.15, -0.1) is 0 Å². The number of carbonyl (C=O) groups is 3. The van der Waals surface area contributed by atoms with Gasteiger partial charge in [0.1, 0.15) is 40.8 Å². The van der Waals surface area contributed by atoms with Gasteiger partial charge in [-0.2, -0.15) is 0 Å². The molecule has 262 valence electrons. The molecule has 0 aliphatic carbocycles. The first-order chi connectivity index (χ1) is 21.9. The Labute approximate surface area is 274 Å². The quantitative estimate of drug-likeness (QED) is 0.247. The van der Waals surface area contributed by atoms with Crippen molar-refractivity contribution >= 4 is 18.5 Å². The number of carbonyl (C=O) groups excluding carboxylic acids is 3. The molecule has 3 N–H and O–H groups in total. The lowest BCUT2D eigenvalue weighted by Gasteiger charge is -2.32. The van der Waals surface area contributed by atoms with Gasteiger partial charge in [0.25, 0.3) is 0 Å². The SMILES string of the molecule is CC(C)(C)OC(=O)NC1CCN(Cc2cc(F)cc(F)c2)CC1.CC(C)(C)OC(=O)NC1CCNCC1.O=Cc1cc(F)cc(F)c1. The van der Waals surface area contributed by atoms with Crippen molar-refractivity contribution in [2.24, 2.45) is 0 Å². The number of nitrogens with zero attached hydrogens (tertiary/aromatic N) is 1. The number of likely N-dealkylation sites (tertiary alicyclic amines) is 1. The van der Waals surface area contributed by atoms with Crippen LogP contribution in [0.4, 0.5) is 27.2 Å². The fraction of sp³-hybridized carbons (Fsp3) is 0.559. The van der Waals surface area contributed by atoms with Crippen molar-refractivity contribution < 1.29 is 41.4 Å². The molecule has 0 spiro atoms. The Balaban J connectivity index is 0.000000271. The number of alkyl carbamates (subject to hydrolysis) is 2. The molecular formula is C34H48F4N4O5. The van der Waals surface area contributed by atoms with Gasteiger partial charge in [0.05, 0.1) is 0 Å². The van der Waals surface area contributed by atoms with E-state index in [0.29, 0.717) is 24.5 Å². The van der Waals surface area contributed by atoms with Crippen molar-refractivity contribution in [2.75, 3.05) is 26.2 Å². The van der Waals surface area contributed by atoms with E-state index in [9.17, 15) is 31.9 Å². The van der Waals surface area contributed by atoms with Crippen molar-refractivity contribution in [3.63, 3.8) is 0 Å². The predicted octanol–water partition coefficient (Wildman–Crippen LogP) is 6.49. The maximum absolute atomic E-state index is 13.2. The molecule has 2 aromatic carbocycles. The van der Waals surface area contributed by atoms with Crippen LogP contribution in [-0.2, 0) is 16.0 Å². The molecule has 9 nitrogen and oxygen atoms in total. The summed E-state index contributed by atoms with van der Waals surface area (Å²) in [5.41, 5.74) is -0.276. The van der Waals surface area contributed by atoms with Gasteiger partial charge in [-0.1, -0.05) is 0 Å². The van der Waals surface area contributed by atoms with E-state index in [0.717, 1.165) is 70.1 Å². The lowest BCUT2D eigenvalue weighted by atomic mass is 10.0. The number of amides is 2. The first-order valence-electron chi connectivity index (χ1n) is 15.7. The molecule has 2 saturated heterocycles. The molecule has 2 aliphatic rings. The number of aldehydes is 1. The van der Waals surface area contributed by atoms with Gasteiger partial charge < -0.3 is 25.4 Å². The van der Waals surface area contributed by atoms with Crippen LogP contribution in [0.2, 0.25) is 0 Å². The third-order valence-electron chi connectivity index (χ3n) is 6.72. The third kappa shape index (κ3) is 17.7. The van der Waals surface area contributed by atoms with Crippen LogP contribution in [0.1, 0.15) is 83.1 Å². The van der Waals surface area contributed by atoms with Crippen molar-refractivity contribution in [3.05, 3.63) is 70.8 Å². The van der Waals surface area contributed by atoms with E-state index in [2.05, 4.69) is 20.9 Å². The number of ether oxygens (including phenoxy) is 2. The van der Waals surface area contributed by atoms with Crippen LogP contribution in [0.25, 0.3) is 0 Å². The Kier molecular flexibility index (Phi) is 15.6. The molecule has 0 unspecified atom stereocenters. The fourth-order valence-corrected chi connectivity index (χ4v) is 4.75. The number of hydrogen-bond acceptors (Lipinski definition) is 7. The summed E-state index contributed by atoms with van der Waals surface area (Å²) < 4.78 is 61.3. The Morgan fingerprint density at radius 2 is 1.15 bits per heavy atom. The lowest BCUT2D eigenvalue weighted by Crippen LogP contribution is -2.45. The van der Waals surface area contributed by atoms with Gasteiger partial charge in [-0.25, -0.2) is 27.2 Å². The average molecular weight is 669 g/mol. The first kappa shape index (κ1) is 39.5. The van der Waals surface area contributed by atoms with E-state index in [-0.39, 0.29) is 23.7 Å². The highest BCUT2D eigenvalue weighted by atomic mass is 19.1. The largest absolute Gasteiger partial charge is 0.444 e. The maximum Gasteiger partial charge on any atom is 0.407 e. The summed E-state index contributed by atoms with van der Waals surface area (Å²) in [6, 6.07) is 6.58. The van der Waals surface area contributed by atoms with Crippen molar-refractivity contribution in [3.8, 4) is 0 Å². The molecule has 4 rings (SSSR count). The zero-order chi connectivity index (χ0) is 35.2. The van der Waals surface area contributed by atoms with E-state index >= 15 is 0 Å². The number of rotatable bonds is 5. The predicted molar refractivity (Wildman–Crippen MR) is 171 cm³/mol. The van der Waals surface area contributed by atoms with E-state index in [1.54, 1.807) is 0 Å². The summed E-state index contributed by atoms with van der Waals surface area (Å²) in [7, 11) is 0. The van der Waals surface area contributed by atoms with Gasteiger partial charge in [0.2, 0.25) is 0 Å². The number of hydrogen-bond donors (Lipinski definition) is 3. The van der Waals surface area contributed by atoms with Crippen LogP contribution in [0.5, 0.6) is 0 Å². The topological polar surface area (TPSA) is 109 Å². The number of benzene rings is 2. The van der Waals surface area contributed by atoms with E-state index in [4.69, 9.17) is 9.47 Å². The second-order valence-corrected chi connectivity index (χ2v) is 13.5. The lowest BCUT2D eigenvalue weighted by molar-refractivity contribution is 0.0471. The minimum absolute atomic E-state index is 0.0116. The maximum atomic E-state index is 13.2. The summed E-state index contributed by atoms with van der Waals surface area (Å²) in [5.74, 6) is -2.58. The Hall–Kier alpha value is -3.71. The molecule has 13 heteroatoms. The summed E-state index contributed by atoms with van der Waals surface area (Å²) in [5, 5.41) is 8.99. The molecule has 0 aromatic heterocycles. The zero-order valence-electron chi connectivity index (χ0n) is 28.1. The number of nitrogens with one attached hydrogen (secondary N) is 3. The normalized spacial score (nSPS) is 16.0. The summed E-state index contributed by atoms with van der Waals surface area (Å²) in [6.45, 7) is 15.1. The summed E-state index contributed by atoms with van der Waals surface area (Å²) in [4.78, 5) is 35.2. The second kappa shape index (κ2) is 18.6. The van der Waals surface area contributed by atoms with Crippen LogP contribution in [-0.4, -0.2) is 72.8 Å². The highest BCUT2D eigenvalue weighted by Gasteiger charge is 2.24. The van der Waals surface area contributed by atoms with Crippen LogP contribution in [0, 0.1) is 23.3 Å². The Morgan fingerprint density at radius 3 is 1.55 bits per heavy atom. The van der Waals surface area contributed by atoms with Gasteiger partial charge in [-0.05, 0) is 110 Å². The smallest absolute Gasteiger partial charge is 0.407 e. The highest BCUT2D eigenvalue weighted by Crippen LogP contribution is 2.17. The minimum Gasteiger partial charge on any atom is -0.444 e. The highest BCUT2D eigenvalue weighted by molar-refractivity contribution is 5.74. The molecular weight excluding hydrogens is 620 g/mol. The van der Waals surface area contributed by atoms with Crippen molar-refractivity contribution in [1.82, 2.24) is 20.9 Å². The third-order valence-corrected chi connectivity index (χ3v) is 6.72.